The number of aliphatic hydroxyl groups is 2. The summed E-state index contributed by atoms with van der Waals surface area (Å²) in [6.07, 6.45) is 0.659. The van der Waals surface area contributed by atoms with Crippen molar-refractivity contribution in [3.8, 4) is 11.5 Å². The molecule has 0 saturated heterocycles. The molecule has 0 aliphatic carbocycles. The highest BCUT2D eigenvalue weighted by molar-refractivity contribution is 6.00. The fourth-order valence-electron chi connectivity index (χ4n) is 3.46. The van der Waals surface area contributed by atoms with Gasteiger partial charge in [0.25, 0.3) is 11.8 Å². The summed E-state index contributed by atoms with van der Waals surface area (Å²) in [5.41, 5.74) is 1.43. The molecule has 3 rings (SSSR count). The Labute approximate surface area is 187 Å². The van der Waals surface area contributed by atoms with E-state index in [0.29, 0.717) is 36.7 Å². The van der Waals surface area contributed by atoms with E-state index in [1.165, 1.54) is 11.0 Å². The Kier molecular flexibility index (Phi) is 8.08. The van der Waals surface area contributed by atoms with Crippen molar-refractivity contribution in [3.63, 3.8) is 0 Å². The molecule has 1 aliphatic heterocycles. The molecule has 2 amide bonds. The Bertz CT molecular complexity index is 946. The maximum atomic E-state index is 13.1. The molecular weight excluding hydrogens is 412 g/mol. The molecule has 3 N–H and O–H groups in total. The van der Waals surface area contributed by atoms with Gasteiger partial charge in [-0.3, -0.25) is 9.59 Å². The van der Waals surface area contributed by atoms with Gasteiger partial charge in [0.05, 0.1) is 32.0 Å². The molecule has 0 spiro atoms. The summed E-state index contributed by atoms with van der Waals surface area (Å²) >= 11 is 0. The number of nitrogens with one attached hydrogen (secondary N) is 1. The van der Waals surface area contributed by atoms with Crippen LogP contribution in [0.15, 0.2) is 42.5 Å². The van der Waals surface area contributed by atoms with Crippen molar-refractivity contribution in [2.75, 3.05) is 33.9 Å². The molecule has 1 heterocycles. The Balaban J connectivity index is 1.95. The smallest absolute Gasteiger partial charge is 0.253 e. The van der Waals surface area contributed by atoms with E-state index >= 15 is 0 Å². The summed E-state index contributed by atoms with van der Waals surface area (Å²) in [4.78, 5) is 27.0. The summed E-state index contributed by atoms with van der Waals surface area (Å²) in [6, 6.07) is 11.4. The van der Waals surface area contributed by atoms with Crippen molar-refractivity contribution in [3.05, 3.63) is 59.2 Å². The van der Waals surface area contributed by atoms with Crippen LogP contribution in [0.2, 0.25) is 0 Å². The minimum atomic E-state index is -1.16. The zero-order valence-corrected chi connectivity index (χ0v) is 18.4. The standard InChI is InChI=1S/C24H30N2O6/c1-26(2)24(30)18-12-17-13-20(14-18)32-9-4-3-8-31-19-7-5-6-16(10-19)11-21(22(28)15-27)25-23(17)29/h5-7,10,12-14,21-22,27-28H,3-4,8-9,11,15H2,1-2H3,(H,25,29)/t21-,22-/m0/s1. The number of fused-ring (bicyclic) bond motifs is 4. The van der Waals surface area contributed by atoms with Crippen LogP contribution in [-0.2, 0) is 6.42 Å². The second-order valence-electron chi connectivity index (χ2n) is 8.03. The second-order valence-corrected chi connectivity index (χ2v) is 8.03. The van der Waals surface area contributed by atoms with E-state index in [-0.39, 0.29) is 11.5 Å². The first kappa shape index (κ1) is 23.6. The SMILES string of the molecule is CN(C)C(=O)c1cc2cc(c1)C(=O)N[C@H]([C@@H](O)CO)Cc1cccc(c1)OCCCCO2. The number of rotatable bonds is 3. The quantitative estimate of drug-likeness (QED) is 0.667. The van der Waals surface area contributed by atoms with Crippen molar-refractivity contribution >= 4 is 11.8 Å². The summed E-state index contributed by atoms with van der Waals surface area (Å²) in [5, 5.41) is 22.6. The van der Waals surface area contributed by atoms with Gasteiger partial charge in [-0.25, -0.2) is 0 Å². The topological polar surface area (TPSA) is 108 Å². The van der Waals surface area contributed by atoms with Crippen molar-refractivity contribution in [2.24, 2.45) is 0 Å². The van der Waals surface area contributed by atoms with E-state index < -0.39 is 24.7 Å². The summed E-state index contributed by atoms with van der Waals surface area (Å²) < 4.78 is 11.6. The summed E-state index contributed by atoms with van der Waals surface area (Å²) in [7, 11) is 3.27. The number of hydrogen-bond acceptors (Lipinski definition) is 6. The van der Waals surface area contributed by atoms with Crippen LogP contribution in [0.25, 0.3) is 0 Å². The zero-order valence-electron chi connectivity index (χ0n) is 18.4. The highest BCUT2D eigenvalue weighted by Gasteiger charge is 2.23. The molecule has 1 aliphatic rings. The molecule has 2 atom stereocenters. The molecule has 2 aromatic rings. The van der Waals surface area contributed by atoms with Crippen LogP contribution in [0.3, 0.4) is 0 Å². The van der Waals surface area contributed by atoms with Gasteiger partial charge < -0.3 is 29.9 Å². The first-order valence-electron chi connectivity index (χ1n) is 10.7. The fourth-order valence-corrected chi connectivity index (χ4v) is 3.46. The lowest BCUT2D eigenvalue weighted by Gasteiger charge is -2.24. The molecule has 4 bridgehead atoms. The predicted molar refractivity (Wildman–Crippen MR) is 119 cm³/mol. The number of amides is 2. The van der Waals surface area contributed by atoms with Gasteiger partial charge in [0.1, 0.15) is 11.5 Å². The minimum absolute atomic E-state index is 0.243. The predicted octanol–water partition coefficient (Wildman–Crippen LogP) is 1.63. The average molecular weight is 443 g/mol. The van der Waals surface area contributed by atoms with E-state index in [1.807, 2.05) is 24.3 Å². The van der Waals surface area contributed by atoms with Gasteiger partial charge in [0.15, 0.2) is 0 Å². The first-order chi connectivity index (χ1) is 15.4. The maximum absolute atomic E-state index is 13.1. The van der Waals surface area contributed by atoms with Crippen molar-refractivity contribution in [2.45, 2.75) is 31.4 Å². The number of nitrogens with zero attached hydrogens (tertiary/aromatic N) is 1. The normalized spacial score (nSPS) is 18.0. The Morgan fingerprint density at radius 1 is 1.12 bits per heavy atom. The number of aliphatic hydroxyl groups excluding tert-OH is 2. The Hall–Kier alpha value is -3.10. The molecular formula is C24H30N2O6. The highest BCUT2D eigenvalue weighted by atomic mass is 16.5. The molecule has 32 heavy (non-hydrogen) atoms. The third kappa shape index (κ3) is 6.21. The number of hydrogen-bond donors (Lipinski definition) is 3. The highest BCUT2D eigenvalue weighted by Crippen LogP contribution is 2.21. The largest absolute Gasteiger partial charge is 0.494 e. The van der Waals surface area contributed by atoms with Crippen LogP contribution in [-0.4, -0.2) is 73.0 Å². The summed E-state index contributed by atoms with van der Waals surface area (Å²) in [6.45, 7) is 0.432. The molecule has 0 fully saturated rings. The molecule has 0 unspecified atom stereocenters. The van der Waals surface area contributed by atoms with Gasteiger partial charge in [0, 0.05) is 25.2 Å². The second kappa shape index (κ2) is 11.0. The van der Waals surface area contributed by atoms with Gasteiger partial charge in [-0.05, 0) is 55.2 Å². The van der Waals surface area contributed by atoms with Crippen molar-refractivity contribution in [1.82, 2.24) is 10.2 Å². The van der Waals surface area contributed by atoms with Gasteiger partial charge in [-0.2, -0.15) is 0 Å². The van der Waals surface area contributed by atoms with Crippen molar-refractivity contribution < 1.29 is 29.3 Å². The lowest BCUT2D eigenvalue weighted by molar-refractivity contribution is 0.0567. The average Bonchev–Trinajstić information content (AvgIpc) is 2.79. The third-order valence-corrected chi connectivity index (χ3v) is 5.22. The van der Waals surface area contributed by atoms with E-state index in [9.17, 15) is 19.8 Å². The van der Waals surface area contributed by atoms with E-state index in [4.69, 9.17) is 9.47 Å². The van der Waals surface area contributed by atoms with E-state index in [2.05, 4.69) is 5.32 Å². The molecule has 8 heteroatoms. The van der Waals surface area contributed by atoms with Crippen LogP contribution in [0, 0.1) is 0 Å². The molecule has 0 saturated carbocycles. The lowest BCUT2D eigenvalue weighted by atomic mass is 10.00. The van der Waals surface area contributed by atoms with Gasteiger partial charge in [0.2, 0.25) is 0 Å². The number of carbonyl (C=O) groups excluding carboxylic acids is 2. The first-order valence-corrected chi connectivity index (χ1v) is 10.7. The van der Waals surface area contributed by atoms with Crippen molar-refractivity contribution in [1.29, 1.82) is 0 Å². The number of ether oxygens (including phenoxy) is 2. The van der Waals surface area contributed by atoms with Gasteiger partial charge in [-0.15, -0.1) is 0 Å². The van der Waals surface area contributed by atoms with Gasteiger partial charge in [-0.1, -0.05) is 12.1 Å². The minimum Gasteiger partial charge on any atom is -0.494 e. The maximum Gasteiger partial charge on any atom is 0.253 e. The van der Waals surface area contributed by atoms with Crippen LogP contribution < -0.4 is 14.8 Å². The number of benzene rings is 2. The molecule has 0 radical (unpaired) electrons. The number of carbonyl (C=O) groups is 2. The fraction of sp³-hybridized carbons (Fsp3) is 0.417. The molecule has 0 aromatic heterocycles. The van der Waals surface area contributed by atoms with Crippen LogP contribution in [0.4, 0.5) is 0 Å². The van der Waals surface area contributed by atoms with Crippen LogP contribution in [0.1, 0.15) is 39.1 Å². The van der Waals surface area contributed by atoms with Crippen LogP contribution in [0.5, 0.6) is 11.5 Å². The molecule has 172 valence electrons. The lowest BCUT2D eigenvalue weighted by Crippen LogP contribution is -2.46. The molecule has 8 nitrogen and oxygen atoms in total. The summed E-state index contributed by atoms with van der Waals surface area (Å²) in [5.74, 6) is 0.396. The Morgan fingerprint density at radius 3 is 2.53 bits per heavy atom. The van der Waals surface area contributed by atoms with Gasteiger partial charge >= 0.3 is 0 Å². The zero-order chi connectivity index (χ0) is 23.1. The van der Waals surface area contributed by atoms with E-state index in [0.717, 1.165) is 18.4 Å². The monoisotopic (exact) mass is 442 g/mol. The third-order valence-electron chi connectivity index (χ3n) is 5.22. The van der Waals surface area contributed by atoms with Crippen LogP contribution >= 0.6 is 0 Å². The van der Waals surface area contributed by atoms with E-state index in [1.54, 1.807) is 26.2 Å². The Morgan fingerprint density at radius 2 is 1.84 bits per heavy atom. The molecule has 2 aromatic carbocycles.